The molecule has 9 heteroatoms. The molecule has 0 aliphatic heterocycles. The Labute approximate surface area is 127 Å². The van der Waals surface area contributed by atoms with Crippen LogP contribution in [-0.2, 0) is 14.8 Å². The molecule has 0 bridgehead atoms. The lowest BCUT2D eigenvalue weighted by Crippen LogP contribution is -2.39. The Balaban J connectivity index is 2.78. The highest BCUT2D eigenvalue weighted by Gasteiger charge is 2.41. The number of carbonyl (C=O) groups excluding carboxylic acids is 1. The van der Waals surface area contributed by atoms with Crippen molar-refractivity contribution in [3.05, 3.63) is 35.9 Å². The van der Waals surface area contributed by atoms with E-state index < -0.39 is 40.3 Å². The molecule has 1 rings (SSSR count). The molecule has 1 atom stereocenters. The van der Waals surface area contributed by atoms with Crippen LogP contribution in [-0.4, -0.2) is 44.7 Å². The molecule has 22 heavy (non-hydrogen) atoms. The molecule has 0 saturated carbocycles. The summed E-state index contributed by atoms with van der Waals surface area (Å²) in [4.78, 5) is 11.6. The second-order valence-corrected chi connectivity index (χ2v) is 7.10. The van der Waals surface area contributed by atoms with E-state index in [1.807, 2.05) is 5.32 Å². The fraction of sp³-hybridized carbons (Fsp3) is 0.462. The molecule has 1 N–H and O–H groups in total. The van der Waals surface area contributed by atoms with Gasteiger partial charge in [-0.1, -0.05) is 30.3 Å². The van der Waals surface area contributed by atoms with E-state index in [-0.39, 0.29) is 5.56 Å². The van der Waals surface area contributed by atoms with E-state index in [2.05, 4.69) is 0 Å². The summed E-state index contributed by atoms with van der Waals surface area (Å²) in [7, 11) is -1.06. The second-order valence-electron chi connectivity index (χ2n) is 4.80. The first-order chi connectivity index (χ1) is 10.0. The summed E-state index contributed by atoms with van der Waals surface area (Å²) in [6, 6.07) is 4.74. The van der Waals surface area contributed by atoms with Crippen molar-refractivity contribution in [1.29, 1.82) is 0 Å². The number of benzene rings is 1. The molecule has 1 aromatic rings. The first kappa shape index (κ1) is 18.4. The molecule has 0 unspecified atom stereocenters. The molecule has 0 aliphatic rings. The van der Waals surface area contributed by atoms with Crippen molar-refractivity contribution in [2.45, 2.75) is 18.6 Å². The predicted octanol–water partition coefficient (Wildman–Crippen LogP) is 1.69. The number of hydrogen-bond acceptors (Lipinski definition) is 3. The number of nitrogens with one attached hydrogen (secondary N) is 1. The third-order valence-electron chi connectivity index (χ3n) is 2.91. The minimum atomic E-state index is -4.67. The van der Waals surface area contributed by atoms with E-state index in [4.69, 9.17) is 0 Å². The lowest BCUT2D eigenvalue weighted by Gasteiger charge is -2.22. The van der Waals surface area contributed by atoms with Crippen LogP contribution in [0.4, 0.5) is 13.2 Å². The Morgan fingerprint density at radius 3 is 2.23 bits per heavy atom. The number of amides is 1. The molecule has 1 aromatic carbocycles. The number of carbonyl (C=O) groups is 1. The van der Waals surface area contributed by atoms with Crippen LogP contribution in [0.15, 0.2) is 30.3 Å². The molecular formula is C13H17F3N2O3S. The topological polar surface area (TPSA) is 66.5 Å². The van der Waals surface area contributed by atoms with Crippen LogP contribution in [0.1, 0.15) is 18.0 Å². The Bertz CT molecular complexity index is 601. The highest BCUT2D eigenvalue weighted by Crippen LogP contribution is 2.32. The first-order valence-electron chi connectivity index (χ1n) is 6.35. The zero-order chi connectivity index (χ0) is 17.0. The van der Waals surface area contributed by atoms with Crippen molar-refractivity contribution in [2.24, 2.45) is 0 Å². The third-order valence-corrected chi connectivity index (χ3v) is 4.74. The van der Waals surface area contributed by atoms with E-state index in [0.717, 1.165) is 4.31 Å². The number of nitrogens with zero attached hydrogens (tertiary/aromatic N) is 1. The molecule has 5 nitrogen and oxygen atoms in total. The molecule has 0 aliphatic carbocycles. The van der Waals surface area contributed by atoms with E-state index in [1.165, 1.54) is 38.4 Å². The van der Waals surface area contributed by atoms with Crippen LogP contribution in [0, 0.1) is 0 Å². The summed E-state index contributed by atoms with van der Waals surface area (Å²) in [6.07, 6.45) is -5.21. The molecule has 1 amide bonds. The van der Waals surface area contributed by atoms with Gasteiger partial charge >= 0.3 is 6.18 Å². The van der Waals surface area contributed by atoms with Gasteiger partial charge in [-0.05, 0) is 5.56 Å². The summed E-state index contributed by atoms with van der Waals surface area (Å²) in [5, 5.41) is 1.84. The summed E-state index contributed by atoms with van der Waals surface area (Å²) >= 11 is 0. The smallest absolute Gasteiger partial charge is 0.341 e. The maximum atomic E-state index is 13.0. The number of halogens is 3. The van der Waals surface area contributed by atoms with Crippen molar-refractivity contribution in [3.63, 3.8) is 0 Å². The second kappa shape index (κ2) is 7.10. The first-order valence-corrected chi connectivity index (χ1v) is 7.96. The lowest BCUT2D eigenvalue weighted by molar-refractivity contribution is -0.163. The van der Waals surface area contributed by atoms with E-state index >= 15 is 0 Å². The van der Waals surface area contributed by atoms with Crippen LogP contribution in [0.25, 0.3) is 0 Å². The Morgan fingerprint density at radius 1 is 1.23 bits per heavy atom. The van der Waals surface area contributed by atoms with Gasteiger partial charge in [-0.3, -0.25) is 4.79 Å². The number of sulfonamides is 1. The van der Waals surface area contributed by atoms with Gasteiger partial charge in [0.2, 0.25) is 15.9 Å². The average molecular weight is 338 g/mol. The maximum Gasteiger partial charge on any atom is 0.412 e. The lowest BCUT2D eigenvalue weighted by atomic mass is 10.1. The van der Waals surface area contributed by atoms with Crippen molar-refractivity contribution in [1.82, 2.24) is 9.62 Å². The minimum absolute atomic E-state index is 0.112. The average Bonchev–Trinajstić information content (AvgIpc) is 2.42. The van der Waals surface area contributed by atoms with Crippen LogP contribution in [0.3, 0.4) is 0 Å². The van der Waals surface area contributed by atoms with Gasteiger partial charge in [-0.2, -0.15) is 13.2 Å². The SMILES string of the molecule is CN(C)S(=O)(=O)CCC(=O)N[C@@H](c1ccccc1)C(F)(F)F. The van der Waals surface area contributed by atoms with Gasteiger partial charge in [-0.25, -0.2) is 12.7 Å². The van der Waals surface area contributed by atoms with Crippen LogP contribution >= 0.6 is 0 Å². The normalized spacial score (nSPS) is 13.9. The number of rotatable bonds is 6. The molecule has 0 aromatic heterocycles. The van der Waals surface area contributed by atoms with Crippen LogP contribution < -0.4 is 5.32 Å². The zero-order valence-corrected chi connectivity index (χ0v) is 12.9. The van der Waals surface area contributed by atoms with Gasteiger partial charge < -0.3 is 5.32 Å². The summed E-state index contributed by atoms with van der Waals surface area (Å²) in [6.45, 7) is 0. The van der Waals surface area contributed by atoms with E-state index in [9.17, 15) is 26.4 Å². The molecule has 0 spiro atoms. The third kappa shape index (κ3) is 5.30. The van der Waals surface area contributed by atoms with E-state index in [1.54, 1.807) is 6.07 Å². The van der Waals surface area contributed by atoms with Crippen molar-refractivity contribution >= 4 is 15.9 Å². The van der Waals surface area contributed by atoms with Gasteiger partial charge in [0.05, 0.1) is 5.75 Å². The van der Waals surface area contributed by atoms with E-state index in [0.29, 0.717) is 0 Å². The van der Waals surface area contributed by atoms with Gasteiger partial charge in [0.15, 0.2) is 6.04 Å². The molecule has 0 heterocycles. The Hall–Kier alpha value is -1.61. The molecule has 0 radical (unpaired) electrons. The maximum absolute atomic E-state index is 13.0. The van der Waals surface area contributed by atoms with Gasteiger partial charge in [0.1, 0.15) is 0 Å². The van der Waals surface area contributed by atoms with Gasteiger partial charge in [-0.15, -0.1) is 0 Å². The monoisotopic (exact) mass is 338 g/mol. The zero-order valence-electron chi connectivity index (χ0n) is 12.1. The van der Waals surface area contributed by atoms with Crippen molar-refractivity contribution < 1.29 is 26.4 Å². The van der Waals surface area contributed by atoms with Gasteiger partial charge in [0.25, 0.3) is 0 Å². The Morgan fingerprint density at radius 2 is 1.77 bits per heavy atom. The number of hydrogen-bond donors (Lipinski definition) is 1. The van der Waals surface area contributed by atoms with Crippen molar-refractivity contribution in [3.8, 4) is 0 Å². The fourth-order valence-electron chi connectivity index (χ4n) is 1.64. The highest BCUT2D eigenvalue weighted by molar-refractivity contribution is 7.89. The fourth-order valence-corrected chi connectivity index (χ4v) is 2.45. The van der Waals surface area contributed by atoms with Gasteiger partial charge in [0, 0.05) is 20.5 Å². The summed E-state index contributed by atoms with van der Waals surface area (Å²) in [5.74, 6) is -1.53. The summed E-state index contributed by atoms with van der Waals surface area (Å²) < 4.78 is 63.0. The predicted molar refractivity (Wildman–Crippen MR) is 75.5 cm³/mol. The standard InChI is InChI=1S/C13H17F3N2O3S/c1-18(2)22(20,21)9-8-11(19)17-12(13(14,15)16)10-6-4-3-5-7-10/h3-7,12H,8-9H2,1-2H3,(H,17,19)/t12-/m0/s1. The minimum Gasteiger partial charge on any atom is -0.341 e. The molecule has 0 fully saturated rings. The molecule has 0 saturated heterocycles. The molecular weight excluding hydrogens is 321 g/mol. The van der Waals surface area contributed by atoms with Crippen LogP contribution in [0.2, 0.25) is 0 Å². The van der Waals surface area contributed by atoms with Crippen molar-refractivity contribution in [2.75, 3.05) is 19.8 Å². The molecule has 124 valence electrons. The number of alkyl halides is 3. The highest BCUT2D eigenvalue weighted by atomic mass is 32.2. The Kier molecular flexibility index (Phi) is 5.95. The largest absolute Gasteiger partial charge is 0.412 e. The quantitative estimate of drug-likeness (QED) is 0.858. The van der Waals surface area contributed by atoms with Crippen LogP contribution in [0.5, 0.6) is 0 Å². The summed E-state index contributed by atoms with van der Waals surface area (Å²) in [5.41, 5.74) is -0.112.